The van der Waals surface area contributed by atoms with Gasteiger partial charge in [0.1, 0.15) is 6.61 Å². The van der Waals surface area contributed by atoms with Gasteiger partial charge < -0.3 is 9.84 Å². The van der Waals surface area contributed by atoms with Crippen LogP contribution < -0.4 is 0 Å². The van der Waals surface area contributed by atoms with E-state index < -0.39 is 5.97 Å². The van der Waals surface area contributed by atoms with Crippen molar-refractivity contribution in [2.45, 2.75) is 6.42 Å². The first-order valence-electron chi connectivity index (χ1n) is 3.20. The lowest BCUT2D eigenvalue weighted by molar-refractivity contribution is -0.135. The second kappa shape index (κ2) is 6.80. The van der Waals surface area contributed by atoms with E-state index in [0.29, 0.717) is 0 Å². The van der Waals surface area contributed by atoms with Crippen LogP contribution in [0.2, 0.25) is 0 Å². The highest BCUT2D eigenvalue weighted by molar-refractivity contribution is 5.68. The maximum atomic E-state index is 9.53. The standard InChI is InChI=1S/C4H6O2.C3H5NO/c1-2-3-4(5)6;1-2-5-3-4-1/h2H,1,3H2,(H,5,6);3H,1-2H2. The number of hydrogen-bond acceptors (Lipinski definition) is 3. The molecule has 0 unspecified atom stereocenters. The first kappa shape index (κ1) is 9.68. The topological polar surface area (TPSA) is 58.9 Å². The van der Waals surface area contributed by atoms with E-state index in [1.165, 1.54) is 12.5 Å². The van der Waals surface area contributed by atoms with Gasteiger partial charge in [-0.25, -0.2) is 0 Å². The zero-order valence-corrected chi connectivity index (χ0v) is 6.19. The average Bonchev–Trinajstić information content (AvgIpc) is 2.41. The summed E-state index contributed by atoms with van der Waals surface area (Å²) in [6, 6.07) is 0. The van der Waals surface area contributed by atoms with Crippen molar-refractivity contribution >= 4 is 12.4 Å². The minimum absolute atomic E-state index is 0.0556. The van der Waals surface area contributed by atoms with Crippen molar-refractivity contribution in [3.05, 3.63) is 12.7 Å². The Morgan fingerprint density at radius 2 is 2.64 bits per heavy atom. The molecule has 11 heavy (non-hydrogen) atoms. The summed E-state index contributed by atoms with van der Waals surface area (Å²) in [5.41, 5.74) is 0. The number of hydrogen-bond donors (Lipinski definition) is 1. The normalized spacial score (nSPS) is 12.7. The van der Waals surface area contributed by atoms with Gasteiger partial charge in [-0.15, -0.1) is 6.58 Å². The number of carboxylic acids is 1. The zero-order chi connectivity index (χ0) is 8.53. The van der Waals surface area contributed by atoms with E-state index in [9.17, 15) is 4.79 Å². The number of ether oxygens (including phenoxy) is 1. The van der Waals surface area contributed by atoms with Crippen molar-refractivity contribution in [3.8, 4) is 0 Å². The Balaban J connectivity index is 0.000000183. The molecule has 0 spiro atoms. The monoisotopic (exact) mass is 157 g/mol. The van der Waals surface area contributed by atoms with Gasteiger partial charge in [0.2, 0.25) is 0 Å². The summed E-state index contributed by atoms with van der Waals surface area (Å²) in [4.78, 5) is 13.3. The van der Waals surface area contributed by atoms with Gasteiger partial charge in [-0.05, 0) is 0 Å². The van der Waals surface area contributed by atoms with Crippen LogP contribution in [-0.2, 0) is 9.53 Å². The highest BCUT2D eigenvalue weighted by atomic mass is 16.5. The van der Waals surface area contributed by atoms with Crippen molar-refractivity contribution in [2.24, 2.45) is 4.99 Å². The summed E-state index contributed by atoms with van der Waals surface area (Å²) in [7, 11) is 0. The van der Waals surface area contributed by atoms with Crippen molar-refractivity contribution < 1.29 is 14.6 Å². The lowest BCUT2D eigenvalue weighted by Gasteiger charge is -1.76. The molecule has 4 heteroatoms. The predicted molar refractivity (Wildman–Crippen MR) is 41.8 cm³/mol. The number of carboxylic acid groups (broad SMARTS) is 1. The number of rotatable bonds is 2. The van der Waals surface area contributed by atoms with Gasteiger partial charge >= 0.3 is 5.97 Å². The van der Waals surface area contributed by atoms with E-state index >= 15 is 0 Å². The summed E-state index contributed by atoms with van der Waals surface area (Å²) in [5, 5.41) is 7.84. The fourth-order valence-electron chi connectivity index (χ4n) is 0.387. The van der Waals surface area contributed by atoms with E-state index in [4.69, 9.17) is 5.11 Å². The predicted octanol–water partition coefficient (Wildman–Crippen LogP) is 0.692. The van der Waals surface area contributed by atoms with E-state index in [1.807, 2.05) is 0 Å². The second-order valence-electron chi connectivity index (χ2n) is 1.77. The minimum atomic E-state index is -0.829. The second-order valence-corrected chi connectivity index (χ2v) is 1.77. The Morgan fingerprint density at radius 3 is 2.73 bits per heavy atom. The molecule has 0 aromatic carbocycles. The molecule has 62 valence electrons. The Bertz CT molecular complexity index is 148. The fourth-order valence-corrected chi connectivity index (χ4v) is 0.387. The summed E-state index contributed by atoms with van der Waals surface area (Å²) in [6.07, 6.45) is 2.89. The molecule has 4 nitrogen and oxygen atoms in total. The highest BCUT2D eigenvalue weighted by Gasteiger charge is 1.85. The van der Waals surface area contributed by atoms with Gasteiger partial charge in [-0.3, -0.25) is 9.79 Å². The quantitative estimate of drug-likeness (QED) is 0.600. The largest absolute Gasteiger partial charge is 0.482 e. The lowest BCUT2D eigenvalue weighted by atomic mass is 10.4. The molecule has 1 aliphatic heterocycles. The highest BCUT2D eigenvalue weighted by Crippen LogP contribution is 1.78. The molecule has 1 heterocycles. The van der Waals surface area contributed by atoms with E-state index in [2.05, 4.69) is 16.3 Å². The third kappa shape index (κ3) is 8.68. The van der Waals surface area contributed by atoms with Gasteiger partial charge in [-0.2, -0.15) is 0 Å². The number of carbonyl (C=O) groups is 1. The first-order chi connectivity index (χ1) is 5.27. The van der Waals surface area contributed by atoms with Gasteiger partial charge in [0, 0.05) is 0 Å². The molecule has 0 amide bonds. The molecule has 0 fully saturated rings. The van der Waals surface area contributed by atoms with E-state index in [0.717, 1.165) is 13.2 Å². The molecule has 0 saturated heterocycles. The van der Waals surface area contributed by atoms with Crippen LogP contribution in [0.5, 0.6) is 0 Å². The van der Waals surface area contributed by atoms with Gasteiger partial charge in [0.05, 0.1) is 13.0 Å². The van der Waals surface area contributed by atoms with Crippen molar-refractivity contribution in [1.29, 1.82) is 0 Å². The van der Waals surface area contributed by atoms with Crippen molar-refractivity contribution in [3.63, 3.8) is 0 Å². The van der Waals surface area contributed by atoms with Crippen molar-refractivity contribution in [1.82, 2.24) is 0 Å². The van der Waals surface area contributed by atoms with Gasteiger partial charge in [0.15, 0.2) is 6.40 Å². The lowest BCUT2D eigenvalue weighted by Crippen LogP contribution is -1.88. The molecule has 1 aliphatic rings. The van der Waals surface area contributed by atoms with Crippen LogP contribution in [0.15, 0.2) is 17.6 Å². The number of aliphatic imine (C=N–C) groups is 1. The molecular weight excluding hydrogens is 146 g/mol. The Kier molecular flexibility index (Phi) is 5.98. The SMILES string of the molecule is C1=NCCO1.C=CCC(=O)O. The maximum absolute atomic E-state index is 9.53. The molecular formula is C7H11NO3. The molecule has 0 atom stereocenters. The molecule has 0 aliphatic carbocycles. The molecule has 0 radical (unpaired) electrons. The molecule has 0 bridgehead atoms. The molecule has 0 aromatic heterocycles. The van der Waals surface area contributed by atoms with Crippen LogP contribution in [0, 0.1) is 0 Å². The van der Waals surface area contributed by atoms with Crippen molar-refractivity contribution in [2.75, 3.05) is 13.2 Å². The molecule has 0 aromatic rings. The fraction of sp³-hybridized carbons (Fsp3) is 0.429. The molecule has 1 N–H and O–H groups in total. The third-order valence-electron chi connectivity index (χ3n) is 0.806. The Labute approximate surface area is 65.2 Å². The summed E-state index contributed by atoms with van der Waals surface area (Å²) < 4.78 is 4.65. The van der Waals surface area contributed by atoms with Crippen LogP contribution in [0.4, 0.5) is 0 Å². The minimum Gasteiger partial charge on any atom is -0.482 e. The summed E-state index contributed by atoms with van der Waals surface area (Å²) in [6.45, 7) is 4.84. The summed E-state index contributed by atoms with van der Waals surface area (Å²) >= 11 is 0. The summed E-state index contributed by atoms with van der Waals surface area (Å²) in [5.74, 6) is -0.829. The molecule has 1 rings (SSSR count). The zero-order valence-electron chi connectivity index (χ0n) is 6.19. The first-order valence-corrected chi connectivity index (χ1v) is 3.20. The third-order valence-corrected chi connectivity index (χ3v) is 0.806. The van der Waals surface area contributed by atoms with Gasteiger partial charge in [0.25, 0.3) is 0 Å². The van der Waals surface area contributed by atoms with Crippen LogP contribution in [0.1, 0.15) is 6.42 Å². The molecule has 0 saturated carbocycles. The number of nitrogens with zero attached hydrogens (tertiary/aromatic N) is 1. The Hall–Kier alpha value is -1.32. The van der Waals surface area contributed by atoms with E-state index in [-0.39, 0.29) is 6.42 Å². The van der Waals surface area contributed by atoms with Crippen LogP contribution in [0.25, 0.3) is 0 Å². The number of aliphatic carboxylic acids is 1. The van der Waals surface area contributed by atoms with Gasteiger partial charge in [-0.1, -0.05) is 6.08 Å². The average molecular weight is 157 g/mol. The van der Waals surface area contributed by atoms with Crippen LogP contribution in [-0.4, -0.2) is 30.6 Å². The smallest absolute Gasteiger partial charge is 0.307 e. The van der Waals surface area contributed by atoms with Crippen LogP contribution in [0.3, 0.4) is 0 Å². The Morgan fingerprint density at radius 1 is 1.91 bits per heavy atom. The maximum Gasteiger partial charge on any atom is 0.307 e. The van der Waals surface area contributed by atoms with Crippen LogP contribution >= 0.6 is 0 Å². The van der Waals surface area contributed by atoms with E-state index in [1.54, 1.807) is 0 Å².